The monoisotopic (exact) mass is 304 g/mol. The molecule has 7 heteroatoms. The number of benzene rings is 2. The van der Waals surface area contributed by atoms with Crippen molar-refractivity contribution < 1.29 is 17.6 Å². The first-order valence-corrected chi connectivity index (χ1v) is 5.84. The molecule has 106 valence electrons. The first kappa shape index (κ1) is 14.5. The molecule has 0 saturated heterocycles. The maximum Gasteiger partial charge on any atom is 0.416 e. The van der Waals surface area contributed by atoms with Crippen molar-refractivity contribution in [1.29, 1.82) is 0 Å². The molecule has 0 aliphatic carbocycles. The van der Waals surface area contributed by atoms with E-state index in [0.717, 1.165) is 6.07 Å². The summed E-state index contributed by atoms with van der Waals surface area (Å²) in [4.78, 5) is 0. The van der Waals surface area contributed by atoms with Crippen molar-refractivity contribution in [3.63, 3.8) is 0 Å². The van der Waals surface area contributed by atoms with Gasteiger partial charge in [0.05, 0.1) is 27.6 Å². The van der Waals surface area contributed by atoms with Crippen LogP contribution < -0.4 is 11.1 Å². The van der Waals surface area contributed by atoms with E-state index in [4.69, 9.17) is 17.3 Å². The van der Waals surface area contributed by atoms with Gasteiger partial charge in [-0.1, -0.05) is 17.7 Å². The molecule has 3 N–H and O–H groups in total. The van der Waals surface area contributed by atoms with Crippen molar-refractivity contribution in [2.75, 3.05) is 11.1 Å². The second-order valence-corrected chi connectivity index (χ2v) is 4.43. The van der Waals surface area contributed by atoms with Gasteiger partial charge in [0.25, 0.3) is 0 Å². The van der Waals surface area contributed by atoms with E-state index in [-0.39, 0.29) is 22.1 Å². The maximum atomic E-state index is 13.6. The van der Waals surface area contributed by atoms with Crippen LogP contribution in [-0.2, 0) is 6.18 Å². The van der Waals surface area contributed by atoms with Crippen LogP contribution in [0.5, 0.6) is 0 Å². The van der Waals surface area contributed by atoms with Crippen LogP contribution in [0.25, 0.3) is 0 Å². The Bertz CT molecular complexity index is 641. The molecule has 0 aliphatic heterocycles. The van der Waals surface area contributed by atoms with E-state index in [1.807, 2.05) is 0 Å². The van der Waals surface area contributed by atoms with E-state index in [1.54, 1.807) is 6.07 Å². The summed E-state index contributed by atoms with van der Waals surface area (Å²) >= 11 is 5.78. The Morgan fingerprint density at radius 3 is 2.40 bits per heavy atom. The van der Waals surface area contributed by atoms with Crippen molar-refractivity contribution in [3.05, 3.63) is 52.8 Å². The van der Waals surface area contributed by atoms with Gasteiger partial charge in [0, 0.05) is 0 Å². The third-order valence-corrected chi connectivity index (χ3v) is 2.95. The van der Waals surface area contributed by atoms with Crippen LogP contribution in [0.2, 0.25) is 5.02 Å². The fourth-order valence-corrected chi connectivity index (χ4v) is 1.76. The van der Waals surface area contributed by atoms with Crippen LogP contribution in [0.3, 0.4) is 0 Å². The number of nitrogens with one attached hydrogen (secondary N) is 1. The Labute approximate surface area is 117 Å². The SMILES string of the molecule is Nc1c(Cl)cccc1Nc1cc(C(F)(F)F)ccc1F. The average Bonchev–Trinajstić information content (AvgIpc) is 2.36. The van der Waals surface area contributed by atoms with Gasteiger partial charge in [0.2, 0.25) is 0 Å². The maximum absolute atomic E-state index is 13.6. The quantitative estimate of drug-likeness (QED) is 0.616. The highest BCUT2D eigenvalue weighted by atomic mass is 35.5. The number of anilines is 3. The first-order valence-electron chi connectivity index (χ1n) is 5.47. The zero-order chi connectivity index (χ0) is 14.9. The molecular weight excluding hydrogens is 296 g/mol. The molecule has 2 aromatic rings. The molecule has 2 rings (SSSR count). The van der Waals surface area contributed by atoms with E-state index in [9.17, 15) is 17.6 Å². The average molecular weight is 305 g/mol. The molecule has 0 saturated carbocycles. The van der Waals surface area contributed by atoms with Gasteiger partial charge in [-0.3, -0.25) is 0 Å². The highest BCUT2D eigenvalue weighted by Crippen LogP contribution is 2.34. The lowest BCUT2D eigenvalue weighted by molar-refractivity contribution is -0.137. The lowest BCUT2D eigenvalue weighted by atomic mass is 10.1. The molecule has 0 unspecified atom stereocenters. The second kappa shape index (κ2) is 5.20. The number of hydrogen-bond donors (Lipinski definition) is 2. The molecule has 0 spiro atoms. The lowest BCUT2D eigenvalue weighted by Crippen LogP contribution is -2.06. The zero-order valence-electron chi connectivity index (χ0n) is 9.93. The van der Waals surface area contributed by atoms with Crippen molar-refractivity contribution in [1.82, 2.24) is 0 Å². The van der Waals surface area contributed by atoms with Gasteiger partial charge < -0.3 is 11.1 Å². The molecule has 2 nitrogen and oxygen atoms in total. The summed E-state index contributed by atoms with van der Waals surface area (Å²) in [5, 5.41) is 2.73. The standard InChI is InChI=1S/C13H9ClF4N2/c14-8-2-1-3-10(12(8)19)20-11-6-7(13(16,17)18)4-5-9(11)15/h1-6,20H,19H2. The van der Waals surface area contributed by atoms with Gasteiger partial charge in [0.1, 0.15) is 5.82 Å². The molecule has 0 aromatic heterocycles. The number of hydrogen-bond acceptors (Lipinski definition) is 2. The van der Waals surface area contributed by atoms with Crippen LogP contribution in [0.15, 0.2) is 36.4 Å². The first-order chi connectivity index (χ1) is 9.29. The molecule has 0 heterocycles. The Hall–Kier alpha value is -1.95. The third-order valence-electron chi connectivity index (χ3n) is 2.62. The van der Waals surface area contributed by atoms with Gasteiger partial charge in [-0.2, -0.15) is 13.2 Å². The predicted molar refractivity (Wildman–Crippen MR) is 70.5 cm³/mol. The molecule has 0 aliphatic rings. The van der Waals surface area contributed by atoms with Crippen molar-refractivity contribution in [2.24, 2.45) is 0 Å². The largest absolute Gasteiger partial charge is 0.416 e. The Morgan fingerprint density at radius 2 is 1.75 bits per heavy atom. The normalized spacial score (nSPS) is 11.4. The van der Waals surface area contributed by atoms with E-state index < -0.39 is 17.6 Å². The van der Waals surface area contributed by atoms with E-state index in [1.165, 1.54) is 12.1 Å². The van der Waals surface area contributed by atoms with Crippen molar-refractivity contribution >= 4 is 28.7 Å². The summed E-state index contributed by atoms with van der Waals surface area (Å²) in [6.07, 6.45) is -4.55. The minimum absolute atomic E-state index is 0.131. The summed E-state index contributed by atoms with van der Waals surface area (Å²) in [6, 6.07) is 6.64. The van der Waals surface area contributed by atoms with Gasteiger partial charge >= 0.3 is 6.18 Å². The van der Waals surface area contributed by atoms with Gasteiger partial charge in [-0.15, -0.1) is 0 Å². The highest BCUT2D eigenvalue weighted by molar-refractivity contribution is 6.33. The number of nitrogens with two attached hydrogens (primary N) is 1. The van der Waals surface area contributed by atoms with Crippen molar-refractivity contribution in [3.8, 4) is 0 Å². The topological polar surface area (TPSA) is 38.0 Å². The molecule has 0 fully saturated rings. The van der Waals surface area contributed by atoms with E-state index >= 15 is 0 Å². The number of nitrogen functional groups attached to an aromatic ring is 1. The summed E-state index contributed by atoms with van der Waals surface area (Å²) < 4.78 is 51.3. The summed E-state index contributed by atoms with van der Waals surface area (Å²) in [5.74, 6) is -0.822. The van der Waals surface area contributed by atoms with Crippen LogP contribution >= 0.6 is 11.6 Å². The predicted octanol–water partition coefficient (Wildman–Crippen LogP) is 4.82. The van der Waals surface area contributed by atoms with Gasteiger partial charge in [-0.25, -0.2) is 4.39 Å². The molecule has 0 bridgehead atoms. The molecule has 0 amide bonds. The third kappa shape index (κ3) is 2.96. The van der Waals surface area contributed by atoms with E-state index in [0.29, 0.717) is 12.1 Å². The fourth-order valence-electron chi connectivity index (χ4n) is 1.59. The molecule has 2 aromatic carbocycles. The number of para-hydroxylation sites is 1. The highest BCUT2D eigenvalue weighted by Gasteiger charge is 2.31. The van der Waals surface area contributed by atoms with Crippen LogP contribution in [0.1, 0.15) is 5.56 Å². The Balaban J connectivity index is 2.41. The lowest BCUT2D eigenvalue weighted by Gasteiger charge is -2.13. The van der Waals surface area contributed by atoms with Crippen molar-refractivity contribution in [2.45, 2.75) is 6.18 Å². The van der Waals surface area contributed by atoms with Crippen LogP contribution in [-0.4, -0.2) is 0 Å². The summed E-state index contributed by atoms with van der Waals surface area (Å²) in [7, 11) is 0. The minimum Gasteiger partial charge on any atom is -0.396 e. The molecular formula is C13H9ClF4N2. The molecule has 0 radical (unpaired) electrons. The number of alkyl halides is 3. The van der Waals surface area contributed by atoms with Crippen LogP contribution in [0, 0.1) is 5.82 Å². The second-order valence-electron chi connectivity index (χ2n) is 4.02. The molecule has 0 atom stereocenters. The zero-order valence-corrected chi connectivity index (χ0v) is 10.7. The number of halogens is 5. The Kier molecular flexibility index (Phi) is 3.76. The summed E-state index contributed by atoms with van der Waals surface area (Å²) in [6.45, 7) is 0. The van der Waals surface area contributed by atoms with E-state index in [2.05, 4.69) is 5.32 Å². The smallest absolute Gasteiger partial charge is 0.396 e. The Morgan fingerprint density at radius 1 is 1.05 bits per heavy atom. The minimum atomic E-state index is -4.55. The summed E-state index contributed by atoms with van der Waals surface area (Å²) in [5.41, 5.74) is 4.75. The van der Waals surface area contributed by atoms with Gasteiger partial charge in [-0.05, 0) is 30.3 Å². The van der Waals surface area contributed by atoms with Gasteiger partial charge in [0.15, 0.2) is 0 Å². The number of rotatable bonds is 2. The fraction of sp³-hybridized carbons (Fsp3) is 0.0769. The molecule has 20 heavy (non-hydrogen) atoms. The van der Waals surface area contributed by atoms with Crippen LogP contribution in [0.4, 0.5) is 34.6 Å².